The van der Waals surface area contributed by atoms with Crippen molar-refractivity contribution in [1.82, 2.24) is 14.5 Å². The lowest BCUT2D eigenvalue weighted by molar-refractivity contribution is 0.0240. The summed E-state index contributed by atoms with van der Waals surface area (Å²) in [6.07, 6.45) is 7.57. The van der Waals surface area contributed by atoms with Crippen LogP contribution in [0.1, 0.15) is 19.8 Å². The van der Waals surface area contributed by atoms with E-state index in [0.29, 0.717) is 5.92 Å². The average molecular weight is 223 g/mol. The normalized spacial score (nSPS) is 27.1. The van der Waals surface area contributed by atoms with Crippen LogP contribution in [-0.2, 0) is 6.54 Å². The van der Waals surface area contributed by atoms with Crippen LogP contribution >= 0.6 is 0 Å². The summed E-state index contributed by atoms with van der Waals surface area (Å²) >= 11 is 0. The third-order valence-corrected chi connectivity index (χ3v) is 3.54. The van der Waals surface area contributed by atoms with E-state index in [1.165, 1.54) is 0 Å². The Bertz CT molecular complexity index is 299. The Morgan fingerprint density at radius 3 is 3.00 bits per heavy atom. The van der Waals surface area contributed by atoms with Gasteiger partial charge in [-0.2, -0.15) is 0 Å². The molecule has 0 aromatic carbocycles. The van der Waals surface area contributed by atoms with Crippen LogP contribution in [0.15, 0.2) is 18.7 Å². The third kappa shape index (κ3) is 2.83. The molecule has 2 heterocycles. The summed E-state index contributed by atoms with van der Waals surface area (Å²) < 4.78 is 2.10. The van der Waals surface area contributed by atoms with Gasteiger partial charge in [-0.3, -0.25) is 0 Å². The first kappa shape index (κ1) is 11.6. The number of nitrogens with zero attached hydrogens (tertiary/aromatic N) is 3. The van der Waals surface area contributed by atoms with Gasteiger partial charge in [-0.1, -0.05) is 6.92 Å². The Kier molecular flexibility index (Phi) is 3.96. The fourth-order valence-corrected chi connectivity index (χ4v) is 2.38. The van der Waals surface area contributed by atoms with Gasteiger partial charge in [0.1, 0.15) is 0 Å². The number of aliphatic hydroxyl groups excluding tert-OH is 1. The SMILES string of the molecule is CCC1CN(CCn2ccnc2)CCC1O. The Hall–Kier alpha value is -0.870. The molecule has 1 aliphatic heterocycles. The highest BCUT2D eigenvalue weighted by Crippen LogP contribution is 2.19. The summed E-state index contributed by atoms with van der Waals surface area (Å²) in [5.74, 6) is 0.455. The van der Waals surface area contributed by atoms with Crippen molar-refractivity contribution in [3.05, 3.63) is 18.7 Å². The van der Waals surface area contributed by atoms with Gasteiger partial charge >= 0.3 is 0 Å². The smallest absolute Gasteiger partial charge is 0.0946 e. The molecule has 90 valence electrons. The molecule has 0 amide bonds. The minimum absolute atomic E-state index is 0.0884. The van der Waals surface area contributed by atoms with E-state index in [2.05, 4.69) is 21.4 Å². The molecule has 1 aliphatic rings. The molecule has 2 rings (SSSR count). The van der Waals surface area contributed by atoms with E-state index >= 15 is 0 Å². The van der Waals surface area contributed by atoms with Gasteiger partial charge in [0.25, 0.3) is 0 Å². The molecule has 0 spiro atoms. The fraction of sp³-hybridized carbons (Fsp3) is 0.750. The summed E-state index contributed by atoms with van der Waals surface area (Å²) in [6.45, 7) is 6.26. The summed E-state index contributed by atoms with van der Waals surface area (Å²) in [6, 6.07) is 0. The molecule has 0 radical (unpaired) electrons. The van der Waals surface area contributed by atoms with E-state index in [0.717, 1.165) is 39.0 Å². The molecule has 0 aliphatic carbocycles. The maximum atomic E-state index is 9.80. The number of piperidine rings is 1. The lowest BCUT2D eigenvalue weighted by Crippen LogP contribution is -2.43. The largest absolute Gasteiger partial charge is 0.393 e. The first-order valence-electron chi connectivity index (χ1n) is 6.15. The summed E-state index contributed by atoms with van der Waals surface area (Å²) in [7, 11) is 0. The molecule has 2 unspecified atom stereocenters. The van der Waals surface area contributed by atoms with E-state index in [9.17, 15) is 5.11 Å². The van der Waals surface area contributed by atoms with Crippen molar-refractivity contribution >= 4 is 0 Å². The van der Waals surface area contributed by atoms with Crippen LogP contribution in [0.2, 0.25) is 0 Å². The van der Waals surface area contributed by atoms with Crippen LogP contribution in [0.4, 0.5) is 0 Å². The molecule has 1 N–H and O–H groups in total. The zero-order valence-electron chi connectivity index (χ0n) is 9.92. The number of rotatable bonds is 4. The second kappa shape index (κ2) is 5.46. The number of likely N-dealkylation sites (tertiary alicyclic amines) is 1. The summed E-state index contributed by atoms with van der Waals surface area (Å²) in [4.78, 5) is 6.48. The van der Waals surface area contributed by atoms with E-state index in [1.54, 1.807) is 0 Å². The van der Waals surface area contributed by atoms with Crippen molar-refractivity contribution < 1.29 is 5.11 Å². The monoisotopic (exact) mass is 223 g/mol. The Labute approximate surface area is 96.9 Å². The summed E-state index contributed by atoms with van der Waals surface area (Å²) in [5, 5.41) is 9.80. The predicted octanol–water partition coefficient (Wildman–Crippen LogP) is 0.976. The third-order valence-electron chi connectivity index (χ3n) is 3.54. The zero-order valence-corrected chi connectivity index (χ0v) is 9.92. The quantitative estimate of drug-likeness (QED) is 0.827. The van der Waals surface area contributed by atoms with Crippen LogP contribution in [-0.4, -0.2) is 45.3 Å². The van der Waals surface area contributed by atoms with Gasteiger partial charge in [-0.25, -0.2) is 4.98 Å². The maximum Gasteiger partial charge on any atom is 0.0946 e. The Morgan fingerprint density at radius 2 is 2.31 bits per heavy atom. The Balaban J connectivity index is 1.78. The van der Waals surface area contributed by atoms with Crippen LogP contribution < -0.4 is 0 Å². The van der Waals surface area contributed by atoms with Gasteiger partial charge < -0.3 is 14.6 Å². The minimum Gasteiger partial charge on any atom is -0.393 e. The minimum atomic E-state index is -0.0884. The second-order valence-corrected chi connectivity index (χ2v) is 4.63. The topological polar surface area (TPSA) is 41.3 Å². The molecule has 1 fully saturated rings. The lowest BCUT2D eigenvalue weighted by atomic mass is 9.92. The van der Waals surface area contributed by atoms with Gasteiger partial charge in [-0.05, 0) is 18.8 Å². The molecule has 1 aromatic heterocycles. The van der Waals surface area contributed by atoms with Crippen LogP contribution in [0, 0.1) is 5.92 Å². The maximum absolute atomic E-state index is 9.80. The zero-order chi connectivity index (χ0) is 11.4. The van der Waals surface area contributed by atoms with Gasteiger partial charge in [0, 0.05) is 38.6 Å². The molecule has 0 bridgehead atoms. The summed E-state index contributed by atoms with van der Waals surface area (Å²) in [5.41, 5.74) is 0. The molecular formula is C12H21N3O. The first-order chi connectivity index (χ1) is 7.79. The molecule has 1 aromatic rings. The van der Waals surface area contributed by atoms with Crippen LogP contribution in [0.3, 0.4) is 0 Å². The highest BCUT2D eigenvalue weighted by molar-refractivity contribution is 4.80. The molecule has 0 saturated carbocycles. The molecular weight excluding hydrogens is 202 g/mol. The van der Waals surface area contributed by atoms with Crippen LogP contribution in [0.25, 0.3) is 0 Å². The van der Waals surface area contributed by atoms with E-state index < -0.39 is 0 Å². The molecule has 16 heavy (non-hydrogen) atoms. The van der Waals surface area contributed by atoms with Gasteiger partial charge in [0.2, 0.25) is 0 Å². The lowest BCUT2D eigenvalue weighted by Gasteiger charge is -2.35. The molecule has 2 atom stereocenters. The van der Waals surface area contributed by atoms with Crippen molar-refractivity contribution in [2.24, 2.45) is 5.92 Å². The number of aromatic nitrogens is 2. The van der Waals surface area contributed by atoms with Crippen molar-refractivity contribution in [1.29, 1.82) is 0 Å². The predicted molar refractivity (Wildman–Crippen MR) is 63.1 cm³/mol. The molecule has 1 saturated heterocycles. The van der Waals surface area contributed by atoms with Gasteiger partial charge in [0.05, 0.1) is 12.4 Å². The highest BCUT2D eigenvalue weighted by atomic mass is 16.3. The first-order valence-corrected chi connectivity index (χ1v) is 6.15. The van der Waals surface area contributed by atoms with E-state index in [1.807, 2.05) is 18.7 Å². The number of aliphatic hydroxyl groups is 1. The highest BCUT2D eigenvalue weighted by Gasteiger charge is 2.25. The van der Waals surface area contributed by atoms with Crippen molar-refractivity contribution in [2.75, 3.05) is 19.6 Å². The van der Waals surface area contributed by atoms with Crippen molar-refractivity contribution in [3.63, 3.8) is 0 Å². The second-order valence-electron chi connectivity index (χ2n) is 4.63. The average Bonchev–Trinajstić information content (AvgIpc) is 2.81. The van der Waals surface area contributed by atoms with Gasteiger partial charge in [-0.15, -0.1) is 0 Å². The molecule has 4 nitrogen and oxygen atoms in total. The van der Waals surface area contributed by atoms with E-state index in [4.69, 9.17) is 0 Å². The standard InChI is InChI=1S/C12H21N3O/c1-2-11-9-14(5-3-12(11)16)7-8-15-6-4-13-10-15/h4,6,10-12,16H,2-3,5,7-9H2,1H3. The number of hydrogen-bond acceptors (Lipinski definition) is 3. The van der Waals surface area contributed by atoms with Crippen LogP contribution in [0.5, 0.6) is 0 Å². The molecule has 4 heteroatoms. The number of hydrogen-bond donors (Lipinski definition) is 1. The van der Waals surface area contributed by atoms with Crippen molar-refractivity contribution in [2.45, 2.75) is 32.4 Å². The Morgan fingerprint density at radius 1 is 1.44 bits per heavy atom. The fourth-order valence-electron chi connectivity index (χ4n) is 2.38. The van der Waals surface area contributed by atoms with E-state index in [-0.39, 0.29) is 6.10 Å². The number of imidazole rings is 1. The van der Waals surface area contributed by atoms with Gasteiger partial charge in [0.15, 0.2) is 0 Å². The van der Waals surface area contributed by atoms with Crippen molar-refractivity contribution in [3.8, 4) is 0 Å².